The Morgan fingerprint density at radius 2 is 2.00 bits per heavy atom. The van der Waals surface area contributed by atoms with Gasteiger partial charge in [-0.1, -0.05) is 18.2 Å². The van der Waals surface area contributed by atoms with Crippen LogP contribution in [0.4, 0.5) is 10.1 Å². The van der Waals surface area contributed by atoms with Crippen LogP contribution in [0.2, 0.25) is 0 Å². The number of nitrogens with one attached hydrogen (secondary N) is 1. The van der Waals surface area contributed by atoms with Crippen molar-refractivity contribution in [3.63, 3.8) is 0 Å². The van der Waals surface area contributed by atoms with E-state index in [-0.39, 0.29) is 17.1 Å². The molecule has 0 saturated carbocycles. The SMILES string of the molecule is NCc1ccccc1S(=O)(=O)Nc1ccncc1F. The highest BCUT2D eigenvalue weighted by atomic mass is 32.2. The Morgan fingerprint density at radius 1 is 1.26 bits per heavy atom. The molecule has 0 radical (unpaired) electrons. The number of nitrogens with two attached hydrogens (primary N) is 1. The second-order valence-corrected chi connectivity index (χ2v) is 5.42. The van der Waals surface area contributed by atoms with Crippen LogP contribution in [0.1, 0.15) is 5.56 Å². The van der Waals surface area contributed by atoms with Gasteiger partial charge in [-0.3, -0.25) is 9.71 Å². The molecular formula is C12H12FN3O2S. The summed E-state index contributed by atoms with van der Waals surface area (Å²) in [5.74, 6) is -0.740. The van der Waals surface area contributed by atoms with Gasteiger partial charge < -0.3 is 5.73 Å². The topological polar surface area (TPSA) is 85.1 Å². The lowest BCUT2D eigenvalue weighted by Crippen LogP contribution is -2.17. The minimum absolute atomic E-state index is 0.0358. The van der Waals surface area contributed by atoms with Crippen LogP contribution in [0.3, 0.4) is 0 Å². The highest BCUT2D eigenvalue weighted by Gasteiger charge is 2.18. The average molecular weight is 281 g/mol. The highest BCUT2D eigenvalue weighted by Crippen LogP contribution is 2.20. The number of halogens is 1. The smallest absolute Gasteiger partial charge is 0.262 e. The van der Waals surface area contributed by atoms with Gasteiger partial charge in [-0.25, -0.2) is 12.8 Å². The second kappa shape index (κ2) is 5.33. The predicted molar refractivity (Wildman–Crippen MR) is 69.3 cm³/mol. The number of pyridine rings is 1. The lowest BCUT2D eigenvalue weighted by Gasteiger charge is -2.11. The molecule has 5 nitrogen and oxygen atoms in total. The van der Waals surface area contributed by atoms with E-state index in [0.717, 1.165) is 6.20 Å². The molecule has 0 amide bonds. The van der Waals surface area contributed by atoms with Gasteiger partial charge in [0.05, 0.1) is 16.8 Å². The van der Waals surface area contributed by atoms with E-state index in [0.29, 0.717) is 5.56 Å². The van der Waals surface area contributed by atoms with Crippen molar-refractivity contribution in [1.29, 1.82) is 0 Å². The third-order valence-corrected chi connectivity index (χ3v) is 3.96. The van der Waals surface area contributed by atoms with Crippen molar-refractivity contribution < 1.29 is 12.8 Å². The van der Waals surface area contributed by atoms with Crippen molar-refractivity contribution in [2.24, 2.45) is 5.73 Å². The standard InChI is InChI=1S/C12H12FN3O2S/c13-10-8-15-6-5-11(10)16-19(17,18)12-4-2-1-3-9(12)7-14/h1-6,8H,7,14H2,(H,15,16). The first-order chi connectivity index (χ1) is 9.04. The van der Waals surface area contributed by atoms with Crippen LogP contribution in [0, 0.1) is 5.82 Å². The lowest BCUT2D eigenvalue weighted by molar-refractivity contribution is 0.597. The van der Waals surface area contributed by atoms with Gasteiger partial charge in [0.15, 0.2) is 5.82 Å². The number of anilines is 1. The van der Waals surface area contributed by atoms with Crippen molar-refractivity contribution >= 4 is 15.7 Å². The molecule has 19 heavy (non-hydrogen) atoms. The second-order valence-electron chi connectivity index (χ2n) is 3.77. The molecule has 3 N–H and O–H groups in total. The fraction of sp³-hybridized carbons (Fsp3) is 0.0833. The summed E-state index contributed by atoms with van der Waals surface area (Å²) < 4.78 is 39.9. The minimum Gasteiger partial charge on any atom is -0.326 e. The van der Waals surface area contributed by atoms with Crippen LogP contribution < -0.4 is 10.5 Å². The summed E-state index contributed by atoms with van der Waals surface area (Å²) >= 11 is 0. The van der Waals surface area contributed by atoms with E-state index in [9.17, 15) is 12.8 Å². The Labute approximate surface area is 110 Å². The average Bonchev–Trinajstić information content (AvgIpc) is 2.41. The third-order valence-electron chi connectivity index (χ3n) is 2.50. The molecule has 0 fully saturated rings. The molecule has 0 aliphatic rings. The molecule has 0 atom stereocenters. The van der Waals surface area contributed by atoms with Crippen LogP contribution in [-0.4, -0.2) is 13.4 Å². The van der Waals surface area contributed by atoms with E-state index < -0.39 is 15.8 Å². The molecule has 2 aromatic rings. The first kappa shape index (κ1) is 13.4. The molecule has 7 heteroatoms. The Balaban J connectivity index is 2.41. The maximum atomic E-state index is 13.4. The minimum atomic E-state index is -3.88. The van der Waals surface area contributed by atoms with Gasteiger partial charge in [0.2, 0.25) is 0 Å². The lowest BCUT2D eigenvalue weighted by atomic mass is 10.2. The molecule has 1 aromatic heterocycles. The summed E-state index contributed by atoms with van der Waals surface area (Å²) in [6.07, 6.45) is 2.24. The number of hydrogen-bond acceptors (Lipinski definition) is 4. The molecule has 100 valence electrons. The van der Waals surface area contributed by atoms with Crippen molar-refractivity contribution in [3.05, 3.63) is 54.1 Å². The van der Waals surface area contributed by atoms with E-state index >= 15 is 0 Å². The largest absolute Gasteiger partial charge is 0.326 e. The number of hydrogen-bond donors (Lipinski definition) is 2. The summed E-state index contributed by atoms with van der Waals surface area (Å²) in [6.45, 7) is 0.0793. The molecule has 0 aliphatic carbocycles. The monoisotopic (exact) mass is 281 g/mol. The molecule has 0 spiro atoms. The number of aromatic nitrogens is 1. The number of nitrogens with zero attached hydrogens (tertiary/aromatic N) is 1. The van der Waals surface area contributed by atoms with Crippen LogP contribution in [0.25, 0.3) is 0 Å². The van der Waals surface area contributed by atoms with Crippen LogP contribution in [0.5, 0.6) is 0 Å². The summed E-state index contributed by atoms with van der Waals surface area (Å²) in [4.78, 5) is 3.59. The van der Waals surface area contributed by atoms with Gasteiger partial charge in [0, 0.05) is 12.7 Å². The van der Waals surface area contributed by atoms with E-state index in [1.807, 2.05) is 0 Å². The first-order valence-corrected chi connectivity index (χ1v) is 6.93. The molecule has 1 aromatic carbocycles. The van der Waals surface area contributed by atoms with Crippen molar-refractivity contribution in [2.75, 3.05) is 4.72 Å². The number of rotatable bonds is 4. The van der Waals surface area contributed by atoms with Gasteiger partial charge in [-0.15, -0.1) is 0 Å². The normalized spacial score (nSPS) is 11.3. The van der Waals surface area contributed by atoms with E-state index in [2.05, 4.69) is 9.71 Å². The summed E-state index contributed by atoms with van der Waals surface area (Å²) in [5.41, 5.74) is 5.81. The molecule has 0 aliphatic heterocycles. The predicted octanol–water partition coefficient (Wildman–Crippen LogP) is 1.48. The van der Waals surface area contributed by atoms with Crippen molar-refractivity contribution in [3.8, 4) is 0 Å². The van der Waals surface area contributed by atoms with Crippen molar-refractivity contribution in [1.82, 2.24) is 4.98 Å². The fourth-order valence-electron chi connectivity index (χ4n) is 1.59. The molecule has 1 heterocycles. The quantitative estimate of drug-likeness (QED) is 0.889. The molecule has 0 saturated heterocycles. The fourth-order valence-corrected chi connectivity index (χ4v) is 2.91. The zero-order chi connectivity index (χ0) is 13.9. The van der Waals surface area contributed by atoms with Gasteiger partial charge in [0.1, 0.15) is 0 Å². The van der Waals surface area contributed by atoms with E-state index in [4.69, 9.17) is 5.73 Å². The molecule has 2 rings (SSSR count). The van der Waals surface area contributed by atoms with Gasteiger partial charge in [0.25, 0.3) is 10.0 Å². The van der Waals surface area contributed by atoms with Crippen LogP contribution >= 0.6 is 0 Å². The van der Waals surface area contributed by atoms with Crippen LogP contribution in [0.15, 0.2) is 47.6 Å². The summed E-state index contributed by atoms with van der Waals surface area (Å²) in [7, 11) is -3.88. The van der Waals surface area contributed by atoms with Gasteiger partial charge in [-0.2, -0.15) is 0 Å². The highest BCUT2D eigenvalue weighted by molar-refractivity contribution is 7.92. The van der Waals surface area contributed by atoms with Crippen LogP contribution in [-0.2, 0) is 16.6 Å². The number of sulfonamides is 1. The Kier molecular flexibility index (Phi) is 3.77. The molecule has 0 unspecified atom stereocenters. The first-order valence-electron chi connectivity index (χ1n) is 5.45. The van der Waals surface area contributed by atoms with Gasteiger partial charge >= 0.3 is 0 Å². The summed E-state index contributed by atoms with van der Waals surface area (Å²) in [5, 5.41) is 0. The molecule has 0 bridgehead atoms. The number of benzene rings is 1. The third kappa shape index (κ3) is 2.88. The van der Waals surface area contributed by atoms with E-state index in [1.54, 1.807) is 18.2 Å². The maximum absolute atomic E-state index is 13.4. The van der Waals surface area contributed by atoms with E-state index in [1.165, 1.54) is 18.3 Å². The van der Waals surface area contributed by atoms with Gasteiger partial charge in [-0.05, 0) is 17.7 Å². The van der Waals surface area contributed by atoms with Crippen molar-refractivity contribution in [2.45, 2.75) is 11.4 Å². The Bertz CT molecular complexity index is 689. The summed E-state index contributed by atoms with van der Waals surface area (Å²) in [6, 6.07) is 7.55. The zero-order valence-corrected chi connectivity index (χ0v) is 10.7. The Hall–Kier alpha value is -1.99. The molecular weight excluding hydrogens is 269 g/mol. The Morgan fingerprint density at radius 3 is 2.68 bits per heavy atom. The maximum Gasteiger partial charge on any atom is 0.262 e. The zero-order valence-electron chi connectivity index (χ0n) is 9.88.